The highest BCUT2D eigenvalue weighted by molar-refractivity contribution is 5.89. The van der Waals surface area contributed by atoms with E-state index in [9.17, 15) is 33.3 Å². The molecular weight excluding hydrogens is 440 g/mol. The summed E-state index contributed by atoms with van der Waals surface area (Å²) in [5.41, 5.74) is -5.65. The molecule has 1 N–H and O–H groups in total. The van der Waals surface area contributed by atoms with Crippen LogP contribution in [0.5, 0.6) is 0 Å². The van der Waals surface area contributed by atoms with Gasteiger partial charge < -0.3 is 9.47 Å². The number of hydrogen-bond donors (Lipinski definition) is 1. The van der Waals surface area contributed by atoms with Crippen molar-refractivity contribution in [1.29, 1.82) is 21.2 Å². The Morgan fingerprint density at radius 3 is 2.18 bits per heavy atom. The van der Waals surface area contributed by atoms with Gasteiger partial charge in [0.05, 0.1) is 29.7 Å². The van der Waals surface area contributed by atoms with Gasteiger partial charge >= 0.3 is 6.18 Å². The van der Waals surface area contributed by atoms with E-state index in [1.165, 1.54) is 25.1 Å². The van der Waals surface area contributed by atoms with Crippen molar-refractivity contribution in [3.05, 3.63) is 71.0 Å². The maximum atomic E-state index is 13.6. The minimum atomic E-state index is -4.72. The van der Waals surface area contributed by atoms with Crippen LogP contribution in [-0.2, 0) is 21.4 Å². The molecule has 2 aromatic carbocycles. The minimum absolute atomic E-state index is 0.180. The number of nitrogens with one attached hydrogen (secondary N) is 1. The molecule has 6 nitrogen and oxygen atoms in total. The first kappa shape index (κ1) is 22.3. The van der Waals surface area contributed by atoms with E-state index in [4.69, 9.17) is 14.9 Å². The van der Waals surface area contributed by atoms with Gasteiger partial charge in [-0.1, -0.05) is 19.1 Å². The van der Waals surface area contributed by atoms with Gasteiger partial charge in [0.2, 0.25) is 17.1 Å². The molecule has 0 spiro atoms. The third-order valence-corrected chi connectivity index (χ3v) is 6.43. The zero-order valence-corrected chi connectivity index (χ0v) is 16.9. The lowest BCUT2D eigenvalue weighted by atomic mass is 9.53. The van der Waals surface area contributed by atoms with Crippen LogP contribution in [0.4, 0.5) is 17.6 Å². The summed E-state index contributed by atoms with van der Waals surface area (Å²) in [6.45, 7) is 1.44. The molecular formula is C23H14F4N4O2. The van der Waals surface area contributed by atoms with Gasteiger partial charge in [0.25, 0.3) is 0 Å². The van der Waals surface area contributed by atoms with Crippen LogP contribution < -0.4 is 0 Å². The Kier molecular flexibility index (Phi) is 4.74. The maximum Gasteiger partial charge on any atom is 0.416 e. The zero-order chi connectivity index (χ0) is 24.2. The molecule has 0 aromatic heterocycles. The van der Waals surface area contributed by atoms with Gasteiger partial charge in [-0.2, -0.15) is 29.0 Å². The number of fused-ring (bicyclic) bond motifs is 2. The Labute approximate surface area is 185 Å². The van der Waals surface area contributed by atoms with E-state index in [1.54, 1.807) is 12.1 Å². The molecule has 2 aromatic rings. The van der Waals surface area contributed by atoms with Crippen LogP contribution in [0.3, 0.4) is 0 Å². The molecule has 0 radical (unpaired) electrons. The fraction of sp³-hybridized carbons (Fsp3) is 0.304. The Hall–Kier alpha value is -3.94. The summed E-state index contributed by atoms with van der Waals surface area (Å²) in [5, 5.41) is 38.9. The average Bonchev–Trinajstić information content (AvgIpc) is 2.95. The van der Waals surface area contributed by atoms with E-state index in [2.05, 4.69) is 0 Å². The standard InChI is InChI=1S/C23H14F4N4O2/c1-13-21(12-30)19(31)33-22(13,15-5-7-17(24)8-6-15)32-18(20(21,10-28)11-29)14-3-2-4-16(9-14)23(25,26)27/h2-9,13,18,31H,1H3. The van der Waals surface area contributed by atoms with Crippen molar-refractivity contribution >= 4 is 5.90 Å². The molecule has 2 fully saturated rings. The number of alkyl halides is 3. The third-order valence-electron chi connectivity index (χ3n) is 6.43. The zero-order valence-electron chi connectivity index (χ0n) is 16.9. The van der Waals surface area contributed by atoms with Crippen LogP contribution in [0.1, 0.15) is 29.7 Å². The van der Waals surface area contributed by atoms with Crippen LogP contribution in [0.2, 0.25) is 0 Å². The third kappa shape index (κ3) is 2.70. The molecule has 2 bridgehead atoms. The van der Waals surface area contributed by atoms with E-state index in [1.807, 2.05) is 6.07 Å². The van der Waals surface area contributed by atoms with Gasteiger partial charge in [0.15, 0.2) is 5.41 Å². The quantitative estimate of drug-likeness (QED) is 0.645. The smallest absolute Gasteiger partial charge is 0.416 e. The minimum Gasteiger partial charge on any atom is -0.443 e. The first-order valence-corrected chi connectivity index (χ1v) is 9.65. The number of rotatable bonds is 2. The van der Waals surface area contributed by atoms with Crippen LogP contribution in [0.25, 0.3) is 0 Å². The van der Waals surface area contributed by atoms with Gasteiger partial charge in [0.1, 0.15) is 11.9 Å². The molecule has 0 amide bonds. The monoisotopic (exact) mass is 454 g/mol. The number of hydrogen-bond acceptors (Lipinski definition) is 6. The van der Waals surface area contributed by atoms with E-state index in [-0.39, 0.29) is 11.1 Å². The SMILES string of the molecule is CC1C2(c3ccc(F)cc3)OC(=N)C1(C#N)C(C#N)(C#N)C(c1cccc(C(F)(F)F)c1)O2. The summed E-state index contributed by atoms with van der Waals surface area (Å²) in [5.74, 6) is -4.35. The van der Waals surface area contributed by atoms with Crippen LogP contribution in [0, 0.1) is 62.0 Å². The molecule has 2 saturated heterocycles. The summed E-state index contributed by atoms with van der Waals surface area (Å²) in [6.07, 6.45) is -6.41. The van der Waals surface area contributed by atoms with Gasteiger partial charge in [-0.15, -0.1) is 0 Å². The van der Waals surface area contributed by atoms with Crippen molar-refractivity contribution in [2.75, 3.05) is 0 Å². The highest BCUT2D eigenvalue weighted by atomic mass is 19.4. The highest BCUT2D eigenvalue weighted by Gasteiger charge is 2.79. The van der Waals surface area contributed by atoms with Crippen molar-refractivity contribution in [2.24, 2.45) is 16.7 Å². The van der Waals surface area contributed by atoms with E-state index in [0.717, 1.165) is 30.3 Å². The topological polar surface area (TPSA) is 114 Å². The molecule has 0 aliphatic carbocycles. The van der Waals surface area contributed by atoms with Crippen molar-refractivity contribution in [1.82, 2.24) is 0 Å². The lowest BCUT2D eigenvalue weighted by molar-refractivity contribution is -0.288. The number of halogens is 4. The second-order valence-electron chi connectivity index (χ2n) is 7.90. The molecule has 166 valence electrons. The number of nitrogens with zero attached hydrogens (tertiary/aromatic N) is 3. The summed E-state index contributed by atoms with van der Waals surface area (Å²) in [7, 11) is 0. The fourth-order valence-electron chi connectivity index (χ4n) is 4.73. The van der Waals surface area contributed by atoms with Crippen molar-refractivity contribution < 1.29 is 27.0 Å². The molecule has 2 heterocycles. The van der Waals surface area contributed by atoms with Crippen molar-refractivity contribution in [2.45, 2.75) is 25.0 Å². The van der Waals surface area contributed by atoms with Gasteiger partial charge in [0, 0.05) is 5.56 Å². The molecule has 10 heteroatoms. The van der Waals surface area contributed by atoms with Crippen LogP contribution in [0.15, 0.2) is 48.5 Å². The predicted molar refractivity (Wildman–Crippen MR) is 103 cm³/mol. The predicted octanol–water partition coefficient (Wildman–Crippen LogP) is 4.96. The molecule has 33 heavy (non-hydrogen) atoms. The largest absolute Gasteiger partial charge is 0.443 e. The lowest BCUT2D eigenvalue weighted by Crippen LogP contribution is -2.57. The number of ether oxygens (including phenoxy) is 2. The lowest BCUT2D eigenvalue weighted by Gasteiger charge is -2.48. The fourth-order valence-corrected chi connectivity index (χ4v) is 4.73. The first-order chi connectivity index (χ1) is 15.5. The Bertz CT molecular complexity index is 1260. The summed E-state index contributed by atoms with van der Waals surface area (Å²) in [6, 6.07) is 14.1. The van der Waals surface area contributed by atoms with Gasteiger partial charge in [-0.25, -0.2) is 4.39 Å². The summed E-state index contributed by atoms with van der Waals surface area (Å²) in [4.78, 5) is 0. The van der Waals surface area contributed by atoms with E-state index in [0.29, 0.717) is 0 Å². The molecule has 0 saturated carbocycles. The summed E-state index contributed by atoms with van der Waals surface area (Å²) < 4.78 is 65.5. The Morgan fingerprint density at radius 1 is 1.00 bits per heavy atom. The Morgan fingerprint density at radius 2 is 1.64 bits per heavy atom. The van der Waals surface area contributed by atoms with Crippen LogP contribution >= 0.6 is 0 Å². The van der Waals surface area contributed by atoms with Crippen molar-refractivity contribution in [3.8, 4) is 18.2 Å². The molecule has 4 atom stereocenters. The second-order valence-corrected chi connectivity index (χ2v) is 7.90. The molecule has 2 aliphatic heterocycles. The normalized spacial score (nSPS) is 29.9. The van der Waals surface area contributed by atoms with Gasteiger partial charge in [-0.3, -0.25) is 5.41 Å². The molecule has 4 rings (SSSR count). The highest BCUT2D eigenvalue weighted by Crippen LogP contribution is 2.69. The number of benzene rings is 2. The van der Waals surface area contributed by atoms with Gasteiger partial charge in [-0.05, 0) is 42.0 Å². The second kappa shape index (κ2) is 7.03. The maximum absolute atomic E-state index is 13.6. The summed E-state index contributed by atoms with van der Waals surface area (Å²) >= 11 is 0. The number of nitriles is 3. The van der Waals surface area contributed by atoms with E-state index >= 15 is 0 Å². The molecule has 4 unspecified atom stereocenters. The first-order valence-electron chi connectivity index (χ1n) is 9.65. The molecule has 2 aliphatic rings. The van der Waals surface area contributed by atoms with Crippen molar-refractivity contribution in [3.63, 3.8) is 0 Å². The Balaban J connectivity index is 2.03. The van der Waals surface area contributed by atoms with E-state index < -0.39 is 52.1 Å². The average molecular weight is 454 g/mol. The van der Waals surface area contributed by atoms with Crippen LogP contribution in [-0.4, -0.2) is 5.90 Å².